The first-order valence-electron chi connectivity index (χ1n) is 8.22. The van der Waals surface area contributed by atoms with E-state index in [1.54, 1.807) is 12.1 Å². The number of para-hydroxylation sites is 1. The average Bonchev–Trinajstić information content (AvgIpc) is 3.05. The van der Waals surface area contributed by atoms with Gasteiger partial charge in [0.2, 0.25) is 0 Å². The van der Waals surface area contributed by atoms with E-state index in [1.807, 2.05) is 25.1 Å². The summed E-state index contributed by atoms with van der Waals surface area (Å²) in [6.45, 7) is 2.64. The number of allylic oxidation sites excluding steroid dienone is 2. The highest BCUT2D eigenvalue weighted by molar-refractivity contribution is 5.67. The molecule has 0 radical (unpaired) electrons. The molecular formula is C20H20FNO. The highest BCUT2D eigenvalue weighted by Gasteiger charge is 2.38. The first-order chi connectivity index (χ1) is 11.3. The molecule has 0 saturated carbocycles. The molecule has 118 valence electrons. The summed E-state index contributed by atoms with van der Waals surface area (Å²) in [7, 11) is 0. The molecule has 0 unspecified atom stereocenters. The summed E-state index contributed by atoms with van der Waals surface area (Å²) in [5.74, 6) is 1.56. The van der Waals surface area contributed by atoms with Crippen LogP contribution in [0.5, 0.6) is 5.75 Å². The molecule has 2 aromatic carbocycles. The van der Waals surface area contributed by atoms with Gasteiger partial charge in [0.15, 0.2) is 0 Å². The summed E-state index contributed by atoms with van der Waals surface area (Å²) in [6.07, 6.45) is 5.60. The number of fused-ring (bicyclic) bond motifs is 3. The molecule has 3 heteroatoms. The third-order valence-corrected chi connectivity index (χ3v) is 4.89. The molecule has 0 bridgehead atoms. The Kier molecular flexibility index (Phi) is 3.56. The topological polar surface area (TPSA) is 21.3 Å². The van der Waals surface area contributed by atoms with Crippen LogP contribution in [0.1, 0.15) is 36.4 Å². The molecule has 1 N–H and O–H groups in total. The minimum atomic E-state index is -0.193. The van der Waals surface area contributed by atoms with E-state index in [2.05, 4.69) is 29.6 Å². The second kappa shape index (κ2) is 5.73. The van der Waals surface area contributed by atoms with Crippen molar-refractivity contribution in [1.82, 2.24) is 0 Å². The monoisotopic (exact) mass is 309 g/mol. The fourth-order valence-electron chi connectivity index (χ4n) is 3.87. The minimum absolute atomic E-state index is 0.171. The third kappa shape index (κ3) is 2.40. The summed E-state index contributed by atoms with van der Waals surface area (Å²) in [5, 5.41) is 3.67. The predicted octanol–water partition coefficient (Wildman–Crippen LogP) is 5.05. The van der Waals surface area contributed by atoms with E-state index in [0.717, 1.165) is 23.4 Å². The Balaban J connectivity index is 1.78. The number of hydrogen-bond donors (Lipinski definition) is 1. The molecule has 2 nitrogen and oxygen atoms in total. The fraction of sp³-hybridized carbons (Fsp3) is 0.300. The van der Waals surface area contributed by atoms with Gasteiger partial charge in [-0.05, 0) is 48.6 Å². The van der Waals surface area contributed by atoms with Gasteiger partial charge in [0.25, 0.3) is 0 Å². The Morgan fingerprint density at radius 3 is 2.78 bits per heavy atom. The molecule has 23 heavy (non-hydrogen) atoms. The number of ether oxygens (including phenoxy) is 1. The summed E-state index contributed by atoms with van der Waals surface area (Å²) < 4.78 is 19.1. The Morgan fingerprint density at radius 1 is 1.17 bits per heavy atom. The molecule has 2 aliphatic rings. The maximum Gasteiger partial charge on any atom is 0.142 e. The molecule has 0 aromatic heterocycles. The zero-order chi connectivity index (χ0) is 15.8. The lowest BCUT2D eigenvalue weighted by molar-refractivity contribution is 0.337. The maximum atomic E-state index is 13.3. The summed E-state index contributed by atoms with van der Waals surface area (Å²) in [4.78, 5) is 0. The van der Waals surface area contributed by atoms with Gasteiger partial charge in [-0.1, -0.05) is 36.4 Å². The lowest BCUT2D eigenvalue weighted by Crippen LogP contribution is -2.29. The van der Waals surface area contributed by atoms with Crippen LogP contribution < -0.4 is 10.1 Å². The molecule has 3 atom stereocenters. The fourth-order valence-corrected chi connectivity index (χ4v) is 3.87. The van der Waals surface area contributed by atoms with Gasteiger partial charge >= 0.3 is 0 Å². The van der Waals surface area contributed by atoms with Crippen molar-refractivity contribution in [3.05, 3.63) is 71.6 Å². The SMILES string of the molecule is CCOc1cccc2c1N[C@H](c1ccc(F)cc1)[C@@H]1CC=C[C@@H]21. The van der Waals surface area contributed by atoms with Crippen LogP contribution in [0.2, 0.25) is 0 Å². The molecule has 4 rings (SSSR count). The minimum Gasteiger partial charge on any atom is -0.492 e. The molecule has 0 spiro atoms. The van der Waals surface area contributed by atoms with Crippen molar-refractivity contribution in [1.29, 1.82) is 0 Å². The van der Waals surface area contributed by atoms with Crippen molar-refractivity contribution < 1.29 is 9.13 Å². The molecule has 2 aromatic rings. The molecule has 0 saturated heterocycles. The predicted molar refractivity (Wildman–Crippen MR) is 90.4 cm³/mol. The summed E-state index contributed by atoms with van der Waals surface area (Å²) >= 11 is 0. The van der Waals surface area contributed by atoms with Crippen LogP contribution >= 0.6 is 0 Å². The maximum absolute atomic E-state index is 13.3. The lowest BCUT2D eigenvalue weighted by Gasteiger charge is -2.38. The van der Waals surface area contributed by atoms with E-state index in [9.17, 15) is 4.39 Å². The number of benzene rings is 2. The van der Waals surface area contributed by atoms with Gasteiger partial charge in [0.05, 0.1) is 18.3 Å². The largest absolute Gasteiger partial charge is 0.492 e. The lowest BCUT2D eigenvalue weighted by atomic mass is 9.77. The zero-order valence-electron chi connectivity index (χ0n) is 13.1. The van der Waals surface area contributed by atoms with Crippen molar-refractivity contribution in [3.63, 3.8) is 0 Å². The number of halogens is 1. The van der Waals surface area contributed by atoms with Crippen molar-refractivity contribution in [3.8, 4) is 5.75 Å². The standard InChI is InChI=1S/C20H20FNO/c1-2-23-18-8-4-7-17-15-5-3-6-16(15)19(22-20(17)18)13-9-11-14(21)12-10-13/h3-5,7-12,15-16,19,22H,2,6H2,1H3/t15-,16-,19-/m1/s1. The normalized spacial score (nSPS) is 24.7. The highest BCUT2D eigenvalue weighted by Crippen LogP contribution is 2.52. The number of hydrogen-bond acceptors (Lipinski definition) is 2. The summed E-state index contributed by atoms with van der Waals surface area (Å²) in [6, 6.07) is 13.3. The van der Waals surface area contributed by atoms with E-state index in [-0.39, 0.29) is 11.9 Å². The molecule has 0 fully saturated rings. The van der Waals surface area contributed by atoms with Crippen LogP contribution in [0, 0.1) is 11.7 Å². The smallest absolute Gasteiger partial charge is 0.142 e. The molecule has 1 heterocycles. The molecule has 1 aliphatic heterocycles. The van der Waals surface area contributed by atoms with Gasteiger partial charge < -0.3 is 10.1 Å². The number of anilines is 1. The van der Waals surface area contributed by atoms with Crippen LogP contribution in [0.4, 0.5) is 10.1 Å². The van der Waals surface area contributed by atoms with Crippen molar-refractivity contribution in [2.24, 2.45) is 5.92 Å². The number of rotatable bonds is 3. The second-order valence-electron chi connectivity index (χ2n) is 6.18. The van der Waals surface area contributed by atoms with Gasteiger partial charge in [-0.15, -0.1) is 0 Å². The van der Waals surface area contributed by atoms with Crippen LogP contribution in [0.3, 0.4) is 0 Å². The number of nitrogens with one attached hydrogen (secondary N) is 1. The van der Waals surface area contributed by atoms with Crippen LogP contribution in [0.25, 0.3) is 0 Å². The Morgan fingerprint density at radius 2 is 2.00 bits per heavy atom. The summed E-state index contributed by atoms with van der Waals surface area (Å²) in [5.41, 5.74) is 3.51. The van der Waals surface area contributed by atoms with Crippen LogP contribution in [-0.2, 0) is 0 Å². The van der Waals surface area contributed by atoms with E-state index in [4.69, 9.17) is 4.74 Å². The van der Waals surface area contributed by atoms with Gasteiger partial charge in [0, 0.05) is 5.92 Å². The first kappa shape index (κ1) is 14.3. The van der Waals surface area contributed by atoms with Gasteiger partial charge in [-0.3, -0.25) is 0 Å². The van der Waals surface area contributed by atoms with Crippen molar-refractivity contribution in [2.75, 3.05) is 11.9 Å². The highest BCUT2D eigenvalue weighted by atomic mass is 19.1. The Bertz CT molecular complexity index is 738. The molecule has 0 amide bonds. The third-order valence-electron chi connectivity index (χ3n) is 4.89. The average molecular weight is 309 g/mol. The van der Waals surface area contributed by atoms with E-state index in [1.165, 1.54) is 5.56 Å². The Hall–Kier alpha value is -2.29. The second-order valence-corrected chi connectivity index (χ2v) is 6.18. The molecule has 1 aliphatic carbocycles. The van der Waals surface area contributed by atoms with Crippen molar-refractivity contribution in [2.45, 2.75) is 25.3 Å². The zero-order valence-corrected chi connectivity index (χ0v) is 13.1. The van der Waals surface area contributed by atoms with Crippen LogP contribution in [-0.4, -0.2) is 6.61 Å². The van der Waals surface area contributed by atoms with E-state index in [0.29, 0.717) is 18.4 Å². The van der Waals surface area contributed by atoms with Gasteiger partial charge in [-0.25, -0.2) is 4.39 Å². The first-order valence-corrected chi connectivity index (χ1v) is 8.22. The molecular weight excluding hydrogens is 289 g/mol. The van der Waals surface area contributed by atoms with Gasteiger partial charge in [-0.2, -0.15) is 0 Å². The Labute approximate surface area is 136 Å². The van der Waals surface area contributed by atoms with E-state index < -0.39 is 0 Å². The van der Waals surface area contributed by atoms with E-state index >= 15 is 0 Å². The van der Waals surface area contributed by atoms with Gasteiger partial charge in [0.1, 0.15) is 11.6 Å². The quantitative estimate of drug-likeness (QED) is 0.801. The van der Waals surface area contributed by atoms with Crippen molar-refractivity contribution >= 4 is 5.69 Å². The van der Waals surface area contributed by atoms with Crippen LogP contribution in [0.15, 0.2) is 54.6 Å².